The van der Waals surface area contributed by atoms with Crippen molar-refractivity contribution in [2.45, 2.75) is 13.0 Å². The SMILES string of the molecule is COCC(=O)N[C@@H](c1ccccc1)c1ccc(C)cc1. The second-order valence-corrected chi connectivity index (χ2v) is 4.75. The summed E-state index contributed by atoms with van der Waals surface area (Å²) in [5, 5.41) is 3.01. The summed E-state index contributed by atoms with van der Waals surface area (Å²) >= 11 is 0. The number of ether oxygens (including phenoxy) is 1. The topological polar surface area (TPSA) is 38.3 Å². The fourth-order valence-corrected chi connectivity index (χ4v) is 2.10. The molecule has 0 radical (unpaired) electrons. The van der Waals surface area contributed by atoms with Crippen molar-refractivity contribution in [2.75, 3.05) is 13.7 Å². The van der Waals surface area contributed by atoms with Gasteiger partial charge in [-0.15, -0.1) is 0 Å². The zero-order chi connectivity index (χ0) is 14.4. The Bertz CT molecular complexity index is 549. The zero-order valence-electron chi connectivity index (χ0n) is 11.8. The Hall–Kier alpha value is -2.13. The van der Waals surface area contributed by atoms with Gasteiger partial charge in [0.1, 0.15) is 6.61 Å². The molecule has 0 aliphatic carbocycles. The van der Waals surface area contributed by atoms with Crippen LogP contribution < -0.4 is 5.32 Å². The van der Waals surface area contributed by atoms with Crippen LogP contribution >= 0.6 is 0 Å². The molecule has 0 heterocycles. The maximum atomic E-state index is 11.8. The third-order valence-electron chi connectivity index (χ3n) is 3.12. The second kappa shape index (κ2) is 6.87. The van der Waals surface area contributed by atoms with Crippen LogP contribution in [-0.2, 0) is 9.53 Å². The van der Waals surface area contributed by atoms with E-state index in [0.29, 0.717) is 0 Å². The molecule has 0 unspecified atom stereocenters. The monoisotopic (exact) mass is 269 g/mol. The first-order valence-electron chi connectivity index (χ1n) is 6.60. The molecule has 0 aliphatic rings. The number of carbonyl (C=O) groups is 1. The molecule has 0 aliphatic heterocycles. The number of nitrogens with one attached hydrogen (secondary N) is 1. The van der Waals surface area contributed by atoms with E-state index in [1.54, 1.807) is 0 Å². The molecule has 0 fully saturated rings. The number of benzene rings is 2. The summed E-state index contributed by atoms with van der Waals surface area (Å²) in [6.45, 7) is 2.11. The van der Waals surface area contributed by atoms with Gasteiger partial charge in [-0.2, -0.15) is 0 Å². The molecule has 20 heavy (non-hydrogen) atoms. The van der Waals surface area contributed by atoms with Crippen molar-refractivity contribution < 1.29 is 9.53 Å². The average molecular weight is 269 g/mol. The van der Waals surface area contributed by atoms with E-state index in [1.165, 1.54) is 12.7 Å². The van der Waals surface area contributed by atoms with Crippen molar-refractivity contribution >= 4 is 5.91 Å². The molecule has 1 amide bonds. The molecule has 2 aromatic carbocycles. The number of hydrogen-bond acceptors (Lipinski definition) is 2. The molecule has 0 saturated carbocycles. The van der Waals surface area contributed by atoms with Gasteiger partial charge in [-0.05, 0) is 18.1 Å². The molecular weight excluding hydrogens is 250 g/mol. The number of carbonyl (C=O) groups excluding carboxylic acids is 1. The molecular formula is C17H19NO2. The van der Waals surface area contributed by atoms with Gasteiger partial charge < -0.3 is 10.1 Å². The van der Waals surface area contributed by atoms with Crippen LogP contribution in [0.15, 0.2) is 54.6 Å². The minimum absolute atomic E-state index is 0.0647. The van der Waals surface area contributed by atoms with Crippen LogP contribution in [0.5, 0.6) is 0 Å². The Morgan fingerprint density at radius 2 is 1.65 bits per heavy atom. The lowest BCUT2D eigenvalue weighted by Crippen LogP contribution is -2.32. The highest BCUT2D eigenvalue weighted by Gasteiger charge is 2.16. The van der Waals surface area contributed by atoms with Gasteiger partial charge in [0, 0.05) is 7.11 Å². The molecule has 104 valence electrons. The smallest absolute Gasteiger partial charge is 0.246 e. The minimum atomic E-state index is -0.153. The third-order valence-corrected chi connectivity index (χ3v) is 3.12. The van der Waals surface area contributed by atoms with Gasteiger partial charge in [-0.25, -0.2) is 0 Å². The molecule has 1 atom stereocenters. The van der Waals surface area contributed by atoms with E-state index < -0.39 is 0 Å². The van der Waals surface area contributed by atoms with Crippen LogP contribution in [0.1, 0.15) is 22.7 Å². The summed E-state index contributed by atoms with van der Waals surface area (Å²) in [5.74, 6) is -0.123. The molecule has 0 bridgehead atoms. The number of amides is 1. The van der Waals surface area contributed by atoms with Crippen LogP contribution in [0.3, 0.4) is 0 Å². The predicted molar refractivity (Wildman–Crippen MR) is 79.5 cm³/mol. The van der Waals surface area contributed by atoms with Crippen molar-refractivity contribution in [1.82, 2.24) is 5.32 Å². The zero-order valence-corrected chi connectivity index (χ0v) is 11.8. The Labute approximate surface area is 119 Å². The van der Waals surface area contributed by atoms with E-state index in [4.69, 9.17) is 4.74 Å². The standard InChI is InChI=1S/C17H19NO2/c1-13-8-10-15(11-9-13)17(18-16(19)12-20-2)14-6-4-3-5-7-14/h3-11,17H,12H2,1-2H3,(H,18,19)/t17-/m0/s1. The fraction of sp³-hybridized carbons (Fsp3) is 0.235. The van der Waals surface area contributed by atoms with Crippen molar-refractivity contribution in [3.05, 3.63) is 71.3 Å². The Balaban J connectivity index is 2.29. The molecule has 0 saturated heterocycles. The number of methoxy groups -OCH3 is 1. The van der Waals surface area contributed by atoms with Crippen LogP contribution in [0.4, 0.5) is 0 Å². The highest BCUT2D eigenvalue weighted by atomic mass is 16.5. The molecule has 1 N–H and O–H groups in total. The minimum Gasteiger partial charge on any atom is -0.375 e. The van der Waals surface area contributed by atoms with Gasteiger partial charge >= 0.3 is 0 Å². The van der Waals surface area contributed by atoms with E-state index >= 15 is 0 Å². The number of rotatable bonds is 5. The van der Waals surface area contributed by atoms with Crippen molar-refractivity contribution in [3.8, 4) is 0 Å². The van der Waals surface area contributed by atoms with Crippen LogP contribution in [0.25, 0.3) is 0 Å². The van der Waals surface area contributed by atoms with Gasteiger partial charge in [0.2, 0.25) is 5.91 Å². The molecule has 0 aromatic heterocycles. The van der Waals surface area contributed by atoms with Crippen molar-refractivity contribution in [1.29, 1.82) is 0 Å². The Morgan fingerprint density at radius 3 is 2.25 bits per heavy atom. The van der Waals surface area contributed by atoms with E-state index in [9.17, 15) is 4.79 Å². The first-order chi connectivity index (χ1) is 9.70. The molecule has 0 spiro atoms. The first kappa shape index (κ1) is 14.3. The lowest BCUT2D eigenvalue weighted by atomic mass is 9.98. The molecule has 2 aromatic rings. The Morgan fingerprint density at radius 1 is 1.05 bits per heavy atom. The van der Waals surface area contributed by atoms with Crippen molar-refractivity contribution in [3.63, 3.8) is 0 Å². The largest absolute Gasteiger partial charge is 0.375 e. The fourth-order valence-electron chi connectivity index (χ4n) is 2.10. The van der Waals surface area contributed by atoms with Gasteiger partial charge in [0.05, 0.1) is 6.04 Å². The third kappa shape index (κ3) is 3.68. The van der Waals surface area contributed by atoms with E-state index in [-0.39, 0.29) is 18.6 Å². The van der Waals surface area contributed by atoms with Gasteiger partial charge in [0.25, 0.3) is 0 Å². The lowest BCUT2D eigenvalue weighted by Gasteiger charge is -2.20. The summed E-state index contributed by atoms with van der Waals surface area (Å²) in [5.41, 5.74) is 3.32. The highest BCUT2D eigenvalue weighted by Crippen LogP contribution is 2.22. The maximum Gasteiger partial charge on any atom is 0.246 e. The van der Waals surface area contributed by atoms with Crippen LogP contribution in [0.2, 0.25) is 0 Å². The highest BCUT2D eigenvalue weighted by molar-refractivity contribution is 5.78. The summed E-state index contributed by atoms with van der Waals surface area (Å²) in [6.07, 6.45) is 0. The average Bonchev–Trinajstić information content (AvgIpc) is 2.47. The second-order valence-electron chi connectivity index (χ2n) is 4.75. The molecule has 3 heteroatoms. The van der Waals surface area contributed by atoms with E-state index in [2.05, 4.69) is 5.32 Å². The van der Waals surface area contributed by atoms with Crippen molar-refractivity contribution in [2.24, 2.45) is 0 Å². The normalized spacial score (nSPS) is 11.9. The lowest BCUT2D eigenvalue weighted by molar-refractivity contribution is -0.125. The van der Waals surface area contributed by atoms with E-state index in [0.717, 1.165) is 11.1 Å². The Kier molecular flexibility index (Phi) is 4.91. The van der Waals surface area contributed by atoms with E-state index in [1.807, 2.05) is 61.5 Å². The summed E-state index contributed by atoms with van der Waals surface area (Å²) in [6, 6.07) is 18.0. The quantitative estimate of drug-likeness (QED) is 0.906. The number of aryl methyl sites for hydroxylation is 1. The van der Waals surface area contributed by atoms with Gasteiger partial charge in [0.15, 0.2) is 0 Å². The van der Waals surface area contributed by atoms with Crippen LogP contribution in [-0.4, -0.2) is 19.6 Å². The van der Waals surface area contributed by atoms with Gasteiger partial charge in [-0.3, -0.25) is 4.79 Å². The predicted octanol–water partition coefficient (Wildman–Crippen LogP) is 2.85. The summed E-state index contributed by atoms with van der Waals surface area (Å²) < 4.78 is 4.88. The number of hydrogen-bond donors (Lipinski definition) is 1. The summed E-state index contributed by atoms with van der Waals surface area (Å²) in [7, 11) is 1.52. The van der Waals surface area contributed by atoms with Crippen LogP contribution in [0, 0.1) is 6.92 Å². The molecule has 3 nitrogen and oxygen atoms in total. The van der Waals surface area contributed by atoms with Gasteiger partial charge in [-0.1, -0.05) is 60.2 Å². The summed E-state index contributed by atoms with van der Waals surface area (Å²) in [4.78, 5) is 11.8. The molecule has 2 rings (SSSR count). The first-order valence-corrected chi connectivity index (χ1v) is 6.60. The maximum absolute atomic E-state index is 11.8.